The second kappa shape index (κ2) is 6.99. The van der Waals surface area contributed by atoms with Crippen molar-refractivity contribution in [2.75, 3.05) is 6.61 Å². The number of halogens is 6. The van der Waals surface area contributed by atoms with Crippen molar-refractivity contribution in [3.8, 4) is 11.8 Å². The summed E-state index contributed by atoms with van der Waals surface area (Å²) in [5.41, 5.74) is -6.59. The Bertz CT molecular complexity index is 635. The lowest BCUT2D eigenvalue weighted by molar-refractivity contribution is -0.275. The van der Waals surface area contributed by atoms with Crippen LogP contribution in [0.15, 0.2) is 17.0 Å². The van der Waals surface area contributed by atoms with E-state index in [9.17, 15) is 31.1 Å². The third-order valence-electron chi connectivity index (χ3n) is 2.16. The van der Waals surface area contributed by atoms with E-state index < -0.39 is 51.4 Å². The summed E-state index contributed by atoms with van der Waals surface area (Å²) >= 11 is -0.986. The number of alkyl halides is 6. The van der Waals surface area contributed by atoms with E-state index in [0.717, 1.165) is 12.1 Å². The van der Waals surface area contributed by atoms with Crippen molar-refractivity contribution in [3.05, 3.63) is 23.3 Å². The number of thioether (sulfide) groups is 1. The fraction of sp³-hybridized carbons (Fsp3) is 0.333. The van der Waals surface area contributed by atoms with Gasteiger partial charge in [-0.1, -0.05) is 0 Å². The highest BCUT2D eigenvalue weighted by molar-refractivity contribution is 8.00. The lowest BCUT2D eigenvalue weighted by Gasteiger charge is -2.18. The van der Waals surface area contributed by atoms with Gasteiger partial charge in [0, 0.05) is 0 Å². The smallest absolute Gasteiger partial charge is 0.462 e. The summed E-state index contributed by atoms with van der Waals surface area (Å²) in [6, 6.07) is 2.84. The zero-order chi connectivity index (χ0) is 17.8. The van der Waals surface area contributed by atoms with Crippen LogP contribution >= 0.6 is 11.8 Å². The molecule has 1 aromatic carbocycles. The summed E-state index contributed by atoms with van der Waals surface area (Å²) in [6.45, 7) is 1.14. The maximum atomic E-state index is 12.6. The molecular formula is C12H7F6NO3S. The van der Waals surface area contributed by atoms with E-state index in [4.69, 9.17) is 5.26 Å². The zero-order valence-electron chi connectivity index (χ0n) is 11.2. The van der Waals surface area contributed by atoms with Gasteiger partial charge in [-0.3, -0.25) is 0 Å². The Hall–Kier alpha value is -2.09. The molecule has 0 atom stereocenters. The highest BCUT2D eigenvalue weighted by atomic mass is 32.2. The third kappa shape index (κ3) is 5.55. The van der Waals surface area contributed by atoms with Gasteiger partial charge in [0.1, 0.15) is 11.6 Å². The van der Waals surface area contributed by atoms with Crippen molar-refractivity contribution < 1.29 is 40.6 Å². The van der Waals surface area contributed by atoms with Crippen LogP contribution in [-0.4, -0.2) is 24.4 Å². The normalized spacial score (nSPS) is 11.7. The zero-order valence-corrected chi connectivity index (χ0v) is 12.0. The second-order valence-corrected chi connectivity index (χ2v) is 4.82. The molecule has 0 bridgehead atoms. The molecule has 0 aliphatic carbocycles. The number of carbonyl (C=O) groups is 1. The van der Waals surface area contributed by atoms with Crippen LogP contribution in [0, 0.1) is 11.3 Å². The molecule has 0 saturated carbocycles. The lowest BCUT2D eigenvalue weighted by atomic mass is 10.1. The van der Waals surface area contributed by atoms with Crippen LogP contribution in [0.5, 0.6) is 5.75 Å². The number of esters is 1. The highest BCUT2D eigenvalue weighted by Crippen LogP contribution is 2.46. The molecule has 0 aliphatic rings. The average molecular weight is 359 g/mol. The molecule has 0 aromatic heterocycles. The lowest BCUT2D eigenvalue weighted by Crippen LogP contribution is -2.21. The van der Waals surface area contributed by atoms with Crippen LogP contribution in [0.25, 0.3) is 0 Å². The Balaban J connectivity index is 3.57. The van der Waals surface area contributed by atoms with E-state index in [2.05, 4.69) is 9.47 Å². The van der Waals surface area contributed by atoms with E-state index in [-0.39, 0.29) is 6.61 Å². The van der Waals surface area contributed by atoms with Crippen molar-refractivity contribution in [2.45, 2.75) is 23.7 Å². The molecule has 0 saturated heterocycles. The van der Waals surface area contributed by atoms with E-state index >= 15 is 0 Å². The summed E-state index contributed by atoms with van der Waals surface area (Å²) < 4.78 is 83.1. The van der Waals surface area contributed by atoms with Gasteiger partial charge in [0.25, 0.3) is 0 Å². The van der Waals surface area contributed by atoms with Gasteiger partial charge in [-0.15, -0.1) is 13.2 Å². The first-order valence-corrected chi connectivity index (χ1v) is 6.56. The van der Waals surface area contributed by atoms with Gasteiger partial charge in [0.2, 0.25) is 0 Å². The third-order valence-corrected chi connectivity index (χ3v) is 3.00. The molecule has 4 nitrogen and oxygen atoms in total. The first kappa shape index (κ1) is 19.0. The molecule has 0 fully saturated rings. The predicted molar refractivity (Wildman–Crippen MR) is 65.7 cm³/mol. The quantitative estimate of drug-likeness (QED) is 0.457. The number of rotatable bonds is 4. The Morgan fingerprint density at radius 2 is 1.87 bits per heavy atom. The van der Waals surface area contributed by atoms with Crippen LogP contribution in [0.4, 0.5) is 26.3 Å². The molecule has 1 rings (SSSR count). The molecule has 0 unspecified atom stereocenters. The van der Waals surface area contributed by atoms with Gasteiger partial charge in [0.15, 0.2) is 5.75 Å². The number of hydrogen-bond acceptors (Lipinski definition) is 5. The summed E-state index contributed by atoms with van der Waals surface area (Å²) in [4.78, 5) is 10.5. The van der Waals surface area contributed by atoms with Crippen molar-refractivity contribution in [1.29, 1.82) is 5.26 Å². The summed E-state index contributed by atoms with van der Waals surface area (Å²) in [5, 5.41) is 8.79. The molecule has 0 radical (unpaired) electrons. The molecule has 0 spiro atoms. The minimum Gasteiger partial charge on any atom is -0.462 e. The van der Waals surface area contributed by atoms with E-state index in [0.29, 0.717) is 0 Å². The van der Waals surface area contributed by atoms with Crippen molar-refractivity contribution in [3.63, 3.8) is 0 Å². The minimum absolute atomic E-state index is 0.216. The minimum atomic E-state index is -5.36. The van der Waals surface area contributed by atoms with Gasteiger partial charge in [-0.25, -0.2) is 4.79 Å². The monoisotopic (exact) mass is 359 g/mol. The van der Waals surface area contributed by atoms with Crippen LogP contribution in [-0.2, 0) is 4.74 Å². The largest absolute Gasteiger partial charge is 0.573 e. The number of benzene rings is 1. The van der Waals surface area contributed by atoms with Gasteiger partial charge in [-0.2, -0.15) is 18.4 Å². The molecular weight excluding hydrogens is 352 g/mol. The molecule has 1 aromatic rings. The molecule has 0 aliphatic heterocycles. The van der Waals surface area contributed by atoms with Crippen molar-refractivity contribution in [2.24, 2.45) is 0 Å². The first-order valence-electron chi connectivity index (χ1n) is 5.74. The standard InChI is InChI=1S/C12H7F6NO3S/c1-2-21-10(20)7-4-3-6(5-19)9(23-12(16,17)18)8(7)22-11(13,14)15/h3-4H,2H2,1H3. The van der Waals surface area contributed by atoms with Crippen LogP contribution < -0.4 is 4.74 Å². The Labute approximate surface area is 130 Å². The summed E-state index contributed by atoms with van der Waals surface area (Å²) in [6.07, 6.45) is -5.36. The fourth-order valence-corrected chi connectivity index (χ4v) is 2.15. The molecule has 23 heavy (non-hydrogen) atoms. The van der Waals surface area contributed by atoms with Crippen LogP contribution in [0.2, 0.25) is 0 Å². The van der Waals surface area contributed by atoms with Gasteiger partial charge >= 0.3 is 17.8 Å². The molecule has 126 valence electrons. The maximum Gasteiger partial charge on any atom is 0.573 e. The Kier molecular flexibility index (Phi) is 5.76. The SMILES string of the molecule is CCOC(=O)c1ccc(C#N)c(SC(F)(F)F)c1OC(F)(F)F. The van der Waals surface area contributed by atoms with Crippen molar-refractivity contribution >= 4 is 17.7 Å². The number of nitrogens with zero attached hydrogens (tertiary/aromatic N) is 1. The van der Waals surface area contributed by atoms with Gasteiger partial charge in [0.05, 0.1) is 17.1 Å². The first-order chi connectivity index (χ1) is 10.5. The second-order valence-electron chi connectivity index (χ2n) is 3.75. The maximum absolute atomic E-state index is 12.6. The molecule has 0 amide bonds. The van der Waals surface area contributed by atoms with Crippen molar-refractivity contribution in [1.82, 2.24) is 0 Å². The van der Waals surface area contributed by atoms with Crippen LogP contribution in [0.1, 0.15) is 22.8 Å². The van der Waals surface area contributed by atoms with Gasteiger partial charge in [-0.05, 0) is 30.8 Å². The summed E-state index contributed by atoms with van der Waals surface area (Å²) in [7, 11) is 0. The fourth-order valence-electron chi connectivity index (χ4n) is 1.45. The van der Waals surface area contributed by atoms with Crippen LogP contribution in [0.3, 0.4) is 0 Å². The average Bonchev–Trinajstić information content (AvgIpc) is 2.37. The van der Waals surface area contributed by atoms with E-state index in [1.807, 2.05) is 0 Å². The topological polar surface area (TPSA) is 59.3 Å². The Morgan fingerprint density at radius 3 is 2.30 bits per heavy atom. The Morgan fingerprint density at radius 1 is 1.26 bits per heavy atom. The molecule has 0 N–H and O–H groups in total. The van der Waals surface area contributed by atoms with E-state index in [1.54, 1.807) is 0 Å². The number of hydrogen-bond donors (Lipinski definition) is 0. The number of carbonyl (C=O) groups excluding carboxylic acids is 1. The molecule has 0 heterocycles. The summed E-state index contributed by atoms with van der Waals surface area (Å²) in [5.74, 6) is -2.72. The number of nitriles is 1. The predicted octanol–water partition coefficient (Wildman–Crippen LogP) is 4.25. The number of ether oxygens (including phenoxy) is 2. The van der Waals surface area contributed by atoms with E-state index in [1.165, 1.54) is 13.0 Å². The highest BCUT2D eigenvalue weighted by Gasteiger charge is 2.39. The molecule has 11 heteroatoms. The van der Waals surface area contributed by atoms with Gasteiger partial charge < -0.3 is 9.47 Å².